The largest absolute Gasteiger partial charge is 0.472 e. The Kier molecular flexibility index (Phi) is 79.7. The van der Waals surface area contributed by atoms with Gasteiger partial charge >= 0.3 is 39.5 Å². The van der Waals surface area contributed by atoms with Gasteiger partial charge in [-0.05, 0) is 51.4 Å². The number of hydrogen-bond donors (Lipinski definition) is 3. The third kappa shape index (κ3) is 81.4. The van der Waals surface area contributed by atoms with Crippen molar-refractivity contribution in [2.75, 3.05) is 39.6 Å². The second kappa shape index (κ2) is 81.6. The van der Waals surface area contributed by atoms with Crippen LogP contribution in [0.5, 0.6) is 0 Å². The fraction of sp³-hybridized carbons (Fsp3) is 0.909. The number of carbonyl (C=O) groups excluding carboxylic acids is 4. The molecule has 0 rings (SSSR count). The lowest BCUT2D eigenvalue weighted by molar-refractivity contribution is -0.161. The molecule has 5 atom stereocenters. The molecule has 0 radical (unpaired) electrons. The predicted molar refractivity (Wildman–Crippen MR) is 441 cm³/mol. The van der Waals surface area contributed by atoms with E-state index >= 15 is 0 Å². The Morgan fingerprint density at radius 2 is 0.449 bits per heavy atom. The minimum Gasteiger partial charge on any atom is -0.462 e. The first-order chi connectivity index (χ1) is 52.2. The zero-order chi connectivity index (χ0) is 78.1. The molecular weight excluding hydrogens is 1390 g/mol. The molecular formula is C88H168O17P2. The highest BCUT2D eigenvalue weighted by Gasteiger charge is 2.30. The molecule has 0 aliphatic heterocycles. The lowest BCUT2D eigenvalue weighted by atomic mass is 10.0. The van der Waals surface area contributed by atoms with E-state index in [1.165, 1.54) is 276 Å². The molecule has 0 saturated heterocycles. The molecule has 0 heterocycles. The van der Waals surface area contributed by atoms with Crippen LogP contribution in [0.3, 0.4) is 0 Å². The van der Waals surface area contributed by atoms with E-state index in [-0.39, 0.29) is 25.7 Å². The number of allylic oxidation sites excluding steroid dienone is 4. The Hall–Kier alpha value is -2.46. The van der Waals surface area contributed by atoms with E-state index < -0.39 is 97.5 Å². The number of ether oxygens (including phenoxy) is 4. The predicted octanol–water partition coefficient (Wildman–Crippen LogP) is 26.9. The van der Waals surface area contributed by atoms with Crippen LogP contribution >= 0.6 is 15.6 Å². The van der Waals surface area contributed by atoms with Crippen molar-refractivity contribution in [1.82, 2.24) is 0 Å². The van der Waals surface area contributed by atoms with Crippen molar-refractivity contribution in [3.63, 3.8) is 0 Å². The first-order valence-corrected chi connectivity index (χ1v) is 48.1. The van der Waals surface area contributed by atoms with Gasteiger partial charge in [0.2, 0.25) is 0 Å². The van der Waals surface area contributed by atoms with Crippen LogP contribution < -0.4 is 0 Å². The summed E-state index contributed by atoms with van der Waals surface area (Å²) in [6.07, 6.45) is 80.2. The number of esters is 4. The number of rotatable bonds is 87. The van der Waals surface area contributed by atoms with Crippen molar-refractivity contribution < 1.29 is 80.2 Å². The molecule has 2 unspecified atom stereocenters. The van der Waals surface area contributed by atoms with Gasteiger partial charge < -0.3 is 33.8 Å². The summed E-state index contributed by atoms with van der Waals surface area (Å²) in [4.78, 5) is 73.2. The SMILES string of the molecule is CCCCCC/C=C\C=C/CCCCCCCC(=O)O[C@H](COC(=O)CCCCCCCCCCC)COP(=O)(O)OC[C@H](O)COP(=O)(O)OC[C@@H](COC(=O)CCCCCCCCCCCCCCCCCCCCCCC)OC(=O)CCCCCCCCCCCCCCCCCCCCCCCC. The number of carbonyl (C=O) groups is 4. The van der Waals surface area contributed by atoms with Crippen LogP contribution in [0, 0.1) is 0 Å². The van der Waals surface area contributed by atoms with Crippen molar-refractivity contribution in [3.8, 4) is 0 Å². The average molecular weight is 1560 g/mol. The number of aliphatic hydroxyl groups excluding tert-OH is 1. The monoisotopic (exact) mass is 1560 g/mol. The van der Waals surface area contributed by atoms with E-state index in [0.717, 1.165) is 103 Å². The first-order valence-electron chi connectivity index (χ1n) is 45.1. The van der Waals surface area contributed by atoms with Gasteiger partial charge in [-0.3, -0.25) is 37.3 Å². The van der Waals surface area contributed by atoms with Gasteiger partial charge in [-0.25, -0.2) is 9.13 Å². The van der Waals surface area contributed by atoms with Crippen LogP contribution in [0.4, 0.5) is 0 Å². The molecule has 0 aromatic heterocycles. The zero-order valence-corrected chi connectivity index (χ0v) is 71.4. The summed E-state index contributed by atoms with van der Waals surface area (Å²) in [5.74, 6) is -2.13. The summed E-state index contributed by atoms with van der Waals surface area (Å²) in [7, 11) is -9.94. The number of hydrogen-bond acceptors (Lipinski definition) is 15. The normalized spacial score (nSPS) is 13.8. The van der Waals surface area contributed by atoms with E-state index in [2.05, 4.69) is 52.0 Å². The molecule has 3 N–H and O–H groups in total. The van der Waals surface area contributed by atoms with Crippen molar-refractivity contribution in [1.29, 1.82) is 0 Å². The molecule has 19 heteroatoms. The van der Waals surface area contributed by atoms with Crippen molar-refractivity contribution in [2.45, 2.75) is 476 Å². The Balaban J connectivity index is 5.21. The van der Waals surface area contributed by atoms with Crippen LogP contribution in [0.1, 0.15) is 458 Å². The van der Waals surface area contributed by atoms with Gasteiger partial charge in [-0.1, -0.05) is 405 Å². The van der Waals surface area contributed by atoms with E-state index in [1.54, 1.807) is 0 Å². The Labute approximate surface area is 656 Å². The standard InChI is InChI=1S/C88H168O17P2/c1-5-9-13-17-21-25-28-31-34-36-38-40-42-44-46-49-52-55-59-63-67-71-75-88(93)105-84(79-99-86(91)73-69-65-61-57-53-50-48-45-43-41-39-37-35-32-29-26-22-18-14-10-6-2)81-103-107(96,97)101-77-82(89)76-100-106(94,95)102-80-83(78-98-85(90)72-68-64-60-56-24-20-16-12-8-4)104-87(92)74-70-66-62-58-54-51-47-33-30-27-23-19-15-11-7-3/h27,30,33,47,82-84,89H,5-26,28-29,31-32,34-46,48-81H2,1-4H3,(H,94,95)(H,96,97)/b30-27-,47-33-/t82-,83+,84+/m0/s1. The van der Waals surface area contributed by atoms with E-state index in [9.17, 15) is 43.2 Å². The minimum atomic E-state index is -4.97. The Morgan fingerprint density at radius 1 is 0.262 bits per heavy atom. The summed E-state index contributed by atoms with van der Waals surface area (Å²) >= 11 is 0. The second-order valence-electron chi connectivity index (χ2n) is 30.9. The van der Waals surface area contributed by atoms with Gasteiger partial charge in [0.05, 0.1) is 26.4 Å². The maximum Gasteiger partial charge on any atom is 0.472 e. The lowest BCUT2D eigenvalue weighted by Crippen LogP contribution is -2.30. The Morgan fingerprint density at radius 3 is 0.682 bits per heavy atom. The highest BCUT2D eigenvalue weighted by molar-refractivity contribution is 7.47. The maximum atomic E-state index is 13.2. The average Bonchev–Trinajstić information content (AvgIpc) is 0.901. The van der Waals surface area contributed by atoms with Crippen molar-refractivity contribution in [3.05, 3.63) is 24.3 Å². The minimum absolute atomic E-state index is 0.0857. The molecule has 0 aliphatic carbocycles. The summed E-state index contributed by atoms with van der Waals surface area (Å²) in [5.41, 5.74) is 0. The third-order valence-corrected chi connectivity index (χ3v) is 22.1. The molecule has 0 aromatic rings. The molecule has 0 bridgehead atoms. The summed E-state index contributed by atoms with van der Waals surface area (Å²) < 4.78 is 68.8. The van der Waals surface area contributed by atoms with Crippen LogP contribution in [0.15, 0.2) is 24.3 Å². The van der Waals surface area contributed by atoms with Crippen molar-refractivity contribution in [2.24, 2.45) is 0 Å². The van der Waals surface area contributed by atoms with Gasteiger partial charge in [0.15, 0.2) is 12.2 Å². The quantitative estimate of drug-likeness (QED) is 0.0169. The van der Waals surface area contributed by atoms with Gasteiger partial charge in [0.25, 0.3) is 0 Å². The molecule has 0 aromatic carbocycles. The topological polar surface area (TPSA) is 237 Å². The van der Waals surface area contributed by atoms with Crippen LogP contribution in [0.25, 0.3) is 0 Å². The van der Waals surface area contributed by atoms with E-state index in [0.29, 0.717) is 25.7 Å². The molecule has 0 amide bonds. The van der Waals surface area contributed by atoms with E-state index in [1.807, 2.05) is 0 Å². The maximum absolute atomic E-state index is 13.2. The first kappa shape index (κ1) is 105. The van der Waals surface area contributed by atoms with Gasteiger partial charge in [-0.2, -0.15) is 0 Å². The van der Waals surface area contributed by atoms with Crippen LogP contribution in [0.2, 0.25) is 0 Å². The van der Waals surface area contributed by atoms with Gasteiger partial charge in [-0.15, -0.1) is 0 Å². The second-order valence-corrected chi connectivity index (χ2v) is 33.9. The fourth-order valence-electron chi connectivity index (χ4n) is 13.3. The summed E-state index contributed by atoms with van der Waals surface area (Å²) in [5, 5.41) is 10.7. The lowest BCUT2D eigenvalue weighted by Gasteiger charge is -2.21. The summed E-state index contributed by atoms with van der Waals surface area (Å²) in [6, 6.07) is 0. The number of phosphoric ester groups is 2. The molecule has 0 aliphatic rings. The van der Waals surface area contributed by atoms with E-state index in [4.69, 9.17) is 37.0 Å². The fourth-order valence-corrected chi connectivity index (χ4v) is 14.9. The third-order valence-electron chi connectivity index (χ3n) is 20.2. The number of phosphoric acid groups is 2. The molecule has 0 spiro atoms. The zero-order valence-electron chi connectivity index (χ0n) is 69.6. The summed E-state index contributed by atoms with van der Waals surface area (Å²) in [6.45, 7) is 4.97. The van der Waals surface area contributed by atoms with Gasteiger partial charge in [0.1, 0.15) is 19.3 Å². The Bertz CT molecular complexity index is 2110. The van der Waals surface area contributed by atoms with Gasteiger partial charge in [0, 0.05) is 25.7 Å². The smallest absolute Gasteiger partial charge is 0.462 e. The van der Waals surface area contributed by atoms with Crippen LogP contribution in [-0.2, 0) is 65.4 Å². The van der Waals surface area contributed by atoms with Crippen molar-refractivity contribution >= 4 is 39.5 Å². The molecule has 632 valence electrons. The highest BCUT2D eigenvalue weighted by atomic mass is 31.2. The molecule has 0 saturated carbocycles. The molecule has 107 heavy (non-hydrogen) atoms. The molecule has 17 nitrogen and oxygen atoms in total. The number of unbranched alkanes of at least 4 members (excludes halogenated alkanes) is 58. The highest BCUT2D eigenvalue weighted by Crippen LogP contribution is 2.45. The number of aliphatic hydroxyl groups is 1. The van der Waals surface area contributed by atoms with Crippen LogP contribution in [-0.4, -0.2) is 96.7 Å². The molecule has 0 fully saturated rings.